The number of halogens is 1. The van der Waals surface area contributed by atoms with E-state index >= 15 is 0 Å². The zero-order valence-corrected chi connectivity index (χ0v) is 21.9. The van der Waals surface area contributed by atoms with Crippen molar-refractivity contribution < 1.29 is 9.53 Å². The van der Waals surface area contributed by atoms with Gasteiger partial charge in [0.25, 0.3) is 0 Å². The molecule has 188 valence electrons. The fourth-order valence-electron chi connectivity index (χ4n) is 5.18. The van der Waals surface area contributed by atoms with Gasteiger partial charge in [-0.15, -0.1) is 16.9 Å². The van der Waals surface area contributed by atoms with Crippen molar-refractivity contribution in [3.05, 3.63) is 117 Å². The molecule has 7 nitrogen and oxygen atoms in total. The molecular weight excluding hydrogens is 518 g/mol. The summed E-state index contributed by atoms with van der Waals surface area (Å²) in [5.74, 6) is 0.292. The molecule has 0 fully saturated rings. The predicted molar refractivity (Wildman–Crippen MR) is 147 cm³/mol. The molecule has 3 heterocycles. The molecule has 1 atom stereocenters. The first-order valence-electron chi connectivity index (χ1n) is 11.9. The summed E-state index contributed by atoms with van der Waals surface area (Å²) in [6.45, 7) is 2.34. The van der Waals surface area contributed by atoms with E-state index in [0.29, 0.717) is 39.8 Å². The van der Waals surface area contributed by atoms with Gasteiger partial charge >= 0.3 is 0 Å². The Kier molecular flexibility index (Phi) is 5.90. The first-order valence-corrected chi connectivity index (χ1v) is 13.3. The number of hydrogen-bond donors (Lipinski definition) is 2. The Morgan fingerprint density at radius 2 is 1.87 bits per heavy atom. The van der Waals surface area contributed by atoms with E-state index in [1.54, 1.807) is 28.8 Å². The monoisotopic (exact) mass is 539 g/mol. The highest BCUT2D eigenvalue weighted by Crippen LogP contribution is 2.56. The van der Waals surface area contributed by atoms with Gasteiger partial charge in [0.1, 0.15) is 17.1 Å². The molecule has 3 aromatic carbocycles. The Balaban J connectivity index is 1.50. The van der Waals surface area contributed by atoms with Gasteiger partial charge in [-0.2, -0.15) is 5.26 Å². The van der Waals surface area contributed by atoms with Crippen molar-refractivity contribution in [2.24, 2.45) is 5.73 Å². The third-order valence-corrected chi connectivity index (χ3v) is 8.24. The van der Waals surface area contributed by atoms with Crippen LogP contribution in [-0.4, -0.2) is 16.1 Å². The van der Waals surface area contributed by atoms with Crippen molar-refractivity contribution in [2.45, 2.75) is 29.5 Å². The summed E-state index contributed by atoms with van der Waals surface area (Å²) in [6.07, 6.45) is 0. The summed E-state index contributed by atoms with van der Waals surface area (Å²) < 4.78 is 5.80. The first-order chi connectivity index (χ1) is 18.4. The van der Waals surface area contributed by atoms with Crippen LogP contribution in [0.1, 0.15) is 27.9 Å². The van der Waals surface area contributed by atoms with Crippen LogP contribution in [-0.2, 0) is 22.5 Å². The molecule has 0 saturated carbocycles. The van der Waals surface area contributed by atoms with Crippen molar-refractivity contribution >= 4 is 35.0 Å². The SMILES string of the molecule is Cc1ccc(SCc2[nH]nc3c2[C@]2(C(=O)N(Cc4ccc(Cl)cc4)c4ccccc42)C(C#N)=C(N)O3)cc1. The number of benzene rings is 3. The smallest absolute Gasteiger partial charge is 0.248 e. The molecule has 6 rings (SSSR count). The number of para-hydroxylation sites is 1. The fourth-order valence-corrected chi connectivity index (χ4v) is 6.16. The summed E-state index contributed by atoms with van der Waals surface area (Å²) in [7, 11) is 0. The van der Waals surface area contributed by atoms with E-state index in [1.807, 2.05) is 43.3 Å². The normalized spacial score (nSPS) is 17.8. The largest absolute Gasteiger partial charge is 0.420 e. The second-order valence-electron chi connectivity index (χ2n) is 9.22. The molecular formula is C29H22ClN5O2S. The second kappa shape index (κ2) is 9.28. The Labute approximate surface area is 228 Å². The number of rotatable bonds is 5. The number of nitrogens with one attached hydrogen (secondary N) is 1. The number of nitrogens with two attached hydrogens (primary N) is 1. The molecule has 9 heteroatoms. The van der Waals surface area contributed by atoms with Gasteiger partial charge in [-0.25, -0.2) is 0 Å². The number of aromatic amines is 1. The van der Waals surface area contributed by atoms with Crippen LogP contribution >= 0.6 is 23.4 Å². The van der Waals surface area contributed by atoms with Gasteiger partial charge in [0.05, 0.1) is 17.8 Å². The van der Waals surface area contributed by atoms with Crippen molar-refractivity contribution in [1.82, 2.24) is 10.2 Å². The van der Waals surface area contributed by atoms with E-state index in [0.717, 1.165) is 10.5 Å². The van der Waals surface area contributed by atoms with Crippen LogP contribution in [0.25, 0.3) is 0 Å². The summed E-state index contributed by atoms with van der Waals surface area (Å²) in [4.78, 5) is 17.4. The number of nitrogens with zero attached hydrogens (tertiary/aromatic N) is 3. The first kappa shape index (κ1) is 24.2. The number of thioether (sulfide) groups is 1. The molecule has 4 aromatic rings. The van der Waals surface area contributed by atoms with Gasteiger partial charge in [-0.05, 0) is 42.8 Å². The van der Waals surface area contributed by atoms with Gasteiger partial charge < -0.3 is 15.4 Å². The van der Waals surface area contributed by atoms with Crippen molar-refractivity contribution in [2.75, 3.05) is 4.90 Å². The van der Waals surface area contributed by atoms with Crippen LogP contribution in [0.15, 0.2) is 89.1 Å². The molecule has 0 bridgehead atoms. The average Bonchev–Trinajstić information content (AvgIpc) is 3.43. The van der Waals surface area contributed by atoms with E-state index in [-0.39, 0.29) is 23.2 Å². The molecule has 1 amide bonds. The zero-order valence-electron chi connectivity index (χ0n) is 20.4. The predicted octanol–water partition coefficient (Wildman–Crippen LogP) is 5.58. The standard InChI is InChI=1S/C29H22ClN5O2S/c1-17-6-12-20(13-7-17)38-16-23-25-27(34-33-23)37-26(32)22(14-31)29(25)21-4-2-3-5-24(21)35(28(29)36)15-18-8-10-19(30)11-9-18/h2-13H,15-16,32H2,1H3,(H,33,34)/t29-/m1/s1. The summed E-state index contributed by atoms with van der Waals surface area (Å²) in [6, 6.07) is 25.3. The highest BCUT2D eigenvalue weighted by molar-refractivity contribution is 7.98. The highest BCUT2D eigenvalue weighted by Gasteiger charge is 2.60. The maximum atomic E-state index is 14.6. The van der Waals surface area contributed by atoms with Crippen molar-refractivity contribution in [3.8, 4) is 11.9 Å². The minimum Gasteiger partial charge on any atom is -0.420 e. The van der Waals surface area contributed by atoms with Crippen LogP contribution in [0.3, 0.4) is 0 Å². The molecule has 0 saturated heterocycles. The number of H-pyrrole nitrogens is 1. The lowest BCUT2D eigenvalue weighted by Crippen LogP contribution is -2.46. The second-order valence-corrected chi connectivity index (χ2v) is 10.7. The Bertz CT molecular complexity index is 1640. The zero-order chi connectivity index (χ0) is 26.4. The lowest BCUT2D eigenvalue weighted by molar-refractivity contribution is -0.121. The summed E-state index contributed by atoms with van der Waals surface area (Å²) in [5.41, 5.74) is 9.53. The van der Waals surface area contributed by atoms with Crippen LogP contribution in [0.4, 0.5) is 5.69 Å². The van der Waals surface area contributed by atoms with Crippen LogP contribution in [0.5, 0.6) is 5.88 Å². The number of aromatic nitrogens is 2. The third-order valence-electron chi connectivity index (χ3n) is 6.95. The third kappa shape index (κ3) is 3.66. The minimum atomic E-state index is -1.48. The van der Waals surface area contributed by atoms with Gasteiger partial charge in [0.2, 0.25) is 17.7 Å². The van der Waals surface area contributed by atoms with E-state index in [4.69, 9.17) is 22.1 Å². The molecule has 0 aliphatic carbocycles. The number of anilines is 1. The number of aryl methyl sites for hydroxylation is 1. The molecule has 1 spiro atoms. The summed E-state index contributed by atoms with van der Waals surface area (Å²) in [5, 5.41) is 18.4. The quantitative estimate of drug-likeness (QED) is 0.320. The Morgan fingerprint density at radius 1 is 1.13 bits per heavy atom. The Morgan fingerprint density at radius 3 is 2.61 bits per heavy atom. The molecule has 0 radical (unpaired) electrons. The topological polar surface area (TPSA) is 108 Å². The maximum absolute atomic E-state index is 14.6. The molecule has 3 N–H and O–H groups in total. The number of amides is 1. The number of nitriles is 1. The maximum Gasteiger partial charge on any atom is 0.248 e. The summed E-state index contributed by atoms with van der Waals surface area (Å²) >= 11 is 7.69. The minimum absolute atomic E-state index is 0.0593. The number of carbonyl (C=O) groups is 1. The van der Waals surface area contributed by atoms with Crippen LogP contribution in [0.2, 0.25) is 5.02 Å². The van der Waals surface area contributed by atoms with Crippen LogP contribution in [0, 0.1) is 18.3 Å². The Hall–Kier alpha value is -4.19. The molecule has 2 aliphatic rings. The molecule has 38 heavy (non-hydrogen) atoms. The number of ether oxygens (including phenoxy) is 1. The highest BCUT2D eigenvalue weighted by atomic mass is 35.5. The number of fused-ring (bicyclic) bond motifs is 4. The van der Waals surface area contributed by atoms with Crippen molar-refractivity contribution in [1.29, 1.82) is 5.26 Å². The van der Waals surface area contributed by atoms with Gasteiger partial charge in [-0.1, -0.05) is 59.6 Å². The number of hydrogen-bond acceptors (Lipinski definition) is 6. The van der Waals surface area contributed by atoms with E-state index < -0.39 is 5.41 Å². The fraction of sp³-hybridized carbons (Fsp3) is 0.138. The molecule has 2 aliphatic heterocycles. The van der Waals surface area contributed by atoms with Crippen molar-refractivity contribution in [3.63, 3.8) is 0 Å². The van der Waals surface area contributed by atoms with Gasteiger partial charge in [0, 0.05) is 26.9 Å². The lowest BCUT2D eigenvalue weighted by atomic mass is 9.69. The van der Waals surface area contributed by atoms with Crippen LogP contribution < -0.4 is 15.4 Å². The van der Waals surface area contributed by atoms with E-state index in [2.05, 4.69) is 40.5 Å². The van der Waals surface area contributed by atoms with E-state index in [9.17, 15) is 10.1 Å². The lowest BCUT2D eigenvalue weighted by Gasteiger charge is -2.32. The van der Waals surface area contributed by atoms with Gasteiger partial charge in [0.15, 0.2) is 0 Å². The van der Waals surface area contributed by atoms with Gasteiger partial charge in [-0.3, -0.25) is 9.89 Å². The number of carbonyl (C=O) groups excluding carboxylic acids is 1. The van der Waals surface area contributed by atoms with E-state index in [1.165, 1.54) is 5.56 Å². The average molecular weight is 540 g/mol. The molecule has 0 unspecified atom stereocenters. The molecule has 1 aromatic heterocycles.